The smallest absolute Gasteiger partial charge is 0.322 e. The minimum atomic E-state index is -1.35. The van der Waals surface area contributed by atoms with Gasteiger partial charge in [-0.1, -0.05) is 48.2 Å². The van der Waals surface area contributed by atoms with E-state index in [2.05, 4.69) is 22.5 Å². The van der Waals surface area contributed by atoms with Gasteiger partial charge < -0.3 is 20.1 Å². The van der Waals surface area contributed by atoms with Crippen molar-refractivity contribution in [2.45, 2.75) is 12.1 Å². The first-order valence-corrected chi connectivity index (χ1v) is 9.34. The van der Waals surface area contributed by atoms with Crippen molar-refractivity contribution in [3.63, 3.8) is 0 Å². The zero-order valence-corrected chi connectivity index (χ0v) is 16.0. The lowest BCUT2D eigenvalue weighted by atomic mass is 9.89. The molecule has 4 rings (SSSR count). The molecule has 0 saturated carbocycles. The van der Waals surface area contributed by atoms with E-state index in [0.29, 0.717) is 23.4 Å². The molecule has 0 aliphatic carbocycles. The summed E-state index contributed by atoms with van der Waals surface area (Å²) in [4.78, 5) is 39.2. The van der Waals surface area contributed by atoms with Gasteiger partial charge in [0, 0.05) is 12.1 Å². The number of urea groups is 1. The highest BCUT2D eigenvalue weighted by Crippen LogP contribution is 2.32. The molecule has 2 aliphatic heterocycles. The van der Waals surface area contributed by atoms with E-state index >= 15 is 0 Å². The van der Waals surface area contributed by atoms with Crippen LogP contribution in [0.1, 0.15) is 21.5 Å². The summed E-state index contributed by atoms with van der Waals surface area (Å²) in [6.45, 7) is 0.172. The molecule has 1 atom stereocenters. The lowest BCUT2D eigenvalue weighted by molar-refractivity contribution is -0.124. The van der Waals surface area contributed by atoms with E-state index < -0.39 is 17.5 Å². The van der Waals surface area contributed by atoms with Gasteiger partial charge in [-0.15, -0.1) is 0 Å². The summed E-state index contributed by atoms with van der Waals surface area (Å²) in [7, 11) is 0. The van der Waals surface area contributed by atoms with E-state index in [-0.39, 0.29) is 25.7 Å². The molecule has 4 amide bonds. The van der Waals surface area contributed by atoms with E-state index in [1.54, 1.807) is 42.5 Å². The molecule has 2 aromatic carbocycles. The number of rotatable bonds is 5. The number of hydrogen-bond acceptors (Lipinski definition) is 5. The maximum absolute atomic E-state index is 13.0. The average molecular weight is 405 g/mol. The Kier molecular flexibility index (Phi) is 5.12. The minimum absolute atomic E-state index is 0.000264. The van der Waals surface area contributed by atoms with Crippen molar-refractivity contribution in [1.29, 1.82) is 0 Å². The van der Waals surface area contributed by atoms with Gasteiger partial charge in [0.2, 0.25) is 0 Å². The van der Waals surface area contributed by atoms with Crippen LogP contribution in [0, 0.1) is 11.8 Å². The van der Waals surface area contributed by atoms with Crippen LogP contribution in [-0.4, -0.2) is 47.6 Å². The van der Waals surface area contributed by atoms with Gasteiger partial charge in [-0.05, 0) is 23.3 Å². The van der Waals surface area contributed by atoms with Crippen molar-refractivity contribution >= 4 is 17.8 Å². The van der Waals surface area contributed by atoms with Crippen molar-refractivity contribution in [3.8, 4) is 17.6 Å². The second-order valence-corrected chi connectivity index (χ2v) is 6.96. The molecule has 8 nitrogen and oxygen atoms in total. The predicted octanol–water partition coefficient (Wildman–Crippen LogP) is 0.752. The molecular weight excluding hydrogens is 386 g/mol. The summed E-state index contributed by atoms with van der Waals surface area (Å²) in [5.74, 6) is 4.88. The number of benzene rings is 2. The number of aliphatic hydroxyl groups is 1. The maximum atomic E-state index is 13.0. The number of nitrogens with zero attached hydrogens (tertiary/aromatic N) is 1. The first-order valence-electron chi connectivity index (χ1n) is 9.34. The van der Waals surface area contributed by atoms with Gasteiger partial charge >= 0.3 is 6.03 Å². The Hall–Kier alpha value is -3.83. The Morgan fingerprint density at radius 2 is 1.90 bits per heavy atom. The third-order valence-electron chi connectivity index (χ3n) is 5.11. The van der Waals surface area contributed by atoms with E-state index in [9.17, 15) is 14.4 Å². The third-order valence-corrected chi connectivity index (χ3v) is 5.11. The SMILES string of the molecule is O=C1NC(=O)[C@](CN2Cc3ccc(OCC#CCO)cc3C2=O)(c2ccccc2)N1. The molecule has 152 valence electrons. The van der Waals surface area contributed by atoms with Gasteiger partial charge in [0.15, 0.2) is 5.54 Å². The summed E-state index contributed by atoms with van der Waals surface area (Å²) < 4.78 is 5.49. The molecule has 2 aliphatic rings. The molecule has 0 bridgehead atoms. The lowest BCUT2D eigenvalue weighted by Crippen LogP contribution is -2.52. The maximum Gasteiger partial charge on any atom is 0.322 e. The second-order valence-electron chi connectivity index (χ2n) is 6.96. The molecular formula is C22H19N3O5. The van der Waals surface area contributed by atoms with Gasteiger partial charge in [-0.3, -0.25) is 14.9 Å². The van der Waals surface area contributed by atoms with Gasteiger partial charge in [0.05, 0.1) is 6.54 Å². The van der Waals surface area contributed by atoms with E-state index in [1.165, 1.54) is 4.90 Å². The average Bonchev–Trinajstić information content (AvgIpc) is 3.22. The molecule has 30 heavy (non-hydrogen) atoms. The molecule has 0 spiro atoms. The topological polar surface area (TPSA) is 108 Å². The molecule has 0 radical (unpaired) electrons. The van der Waals surface area contributed by atoms with Crippen LogP contribution in [0.2, 0.25) is 0 Å². The number of fused-ring (bicyclic) bond motifs is 1. The summed E-state index contributed by atoms with van der Waals surface area (Å²) in [6.07, 6.45) is 0. The fourth-order valence-electron chi connectivity index (χ4n) is 3.69. The monoisotopic (exact) mass is 405 g/mol. The van der Waals surface area contributed by atoms with E-state index in [1.807, 2.05) is 6.07 Å². The largest absolute Gasteiger partial charge is 0.481 e. The van der Waals surface area contributed by atoms with Crippen molar-refractivity contribution in [1.82, 2.24) is 15.5 Å². The van der Waals surface area contributed by atoms with Crippen LogP contribution in [-0.2, 0) is 16.9 Å². The highest BCUT2D eigenvalue weighted by atomic mass is 16.5. The Labute approximate surface area is 172 Å². The summed E-state index contributed by atoms with van der Waals surface area (Å²) in [6, 6.07) is 13.5. The summed E-state index contributed by atoms with van der Waals surface area (Å²) in [5.41, 5.74) is 0.538. The molecule has 1 fully saturated rings. The minimum Gasteiger partial charge on any atom is -0.481 e. The first-order chi connectivity index (χ1) is 14.5. The van der Waals surface area contributed by atoms with Gasteiger partial charge in [0.25, 0.3) is 11.8 Å². The molecule has 0 aromatic heterocycles. The zero-order chi connectivity index (χ0) is 21.1. The Balaban J connectivity index is 1.57. The number of imide groups is 1. The van der Waals surface area contributed by atoms with Crippen LogP contribution in [0.3, 0.4) is 0 Å². The van der Waals surface area contributed by atoms with Crippen LogP contribution >= 0.6 is 0 Å². The fraction of sp³-hybridized carbons (Fsp3) is 0.227. The second kappa shape index (κ2) is 7.89. The van der Waals surface area contributed by atoms with Crippen LogP contribution in [0.25, 0.3) is 0 Å². The molecule has 3 N–H and O–H groups in total. The summed E-state index contributed by atoms with van der Waals surface area (Å²) in [5, 5.41) is 13.7. The Bertz CT molecular complexity index is 1070. The molecule has 0 unspecified atom stereocenters. The van der Waals surface area contributed by atoms with E-state index in [0.717, 1.165) is 5.56 Å². The number of hydrogen-bond donors (Lipinski definition) is 3. The normalized spacial score (nSPS) is 19.6. The Morgan fingerprint density at radius 3 is 2.60 bits per heavy atom. The van der Waals surface area contributed by atoms with Gasteiger partial charge in [-0.25, -0.2) is 4.79 Å². The quantitative estimate of drug-likeness (QED) is 0.503. The molecule has 2 aromatic rings. The van der Waals surface area contributed by atoms with Crippen LogP contribution < -0.4 is 15.4 Å². The van der Waals surface area contributed by atoms with Crippen LogP contribution in [0.5, 0.6) is 5.75 Å². The highest BCUT2D eigenvalue weighted by Gasteiger charge is 2.50. The van der Waals surface area contributed by atoms with Crippen molar-refractivity contribution < 1.29 is 24.2 Å². The number of aliphatic hydroxyl groups excluding tert-OH is 1. The third kappa shape index (κ3) is 3.47. The van der Waals surface area contributed by atoms with Gasteiger partial charge in [-0.2, -0.15) is 0 Å². The van der Waals surface area contributed by atoms with Crippen molar-refractivity contribution in [3.05, 3.63) is 65.2 Å². The van der Waals surface area contributed by atoms with Gasteiger partial charge in [0.1, 0.15) is 19.0 Å². The summed E-state index contributed by atoms with van der Waals surface area (Å²) >= 11 is 0. The number of amides is 4. The van der Waals surface area contributed by atoms with Crippen LogP contribution in [0.15, 0.2) is 48.5 Å². The molecule has 8 heteroatoms. The number of ether oxygens (including phenoxy) is 1. The fourth-order valence-corrected chi connectivity index (χ4v) is 3.69. The highest BCUT2D eigenvalue weighted by molar-refractivity contribution is 6.08. The Morgan fingerprint density at radius 1 is 1.10 bits per heavy atom. The van der Waals surface area contributed by atoms with Crippen LogP contribution in [0.4, 0.5) is 4.79 Å². The molecule has 2 heterocycles. The van der Waals surface area contributed by atoms with E-state index in [4.69, 9.17) is 9.84 Å². The standard InChI is InChI=1S/C22H19N3O5/c26-10-4-5-11-30-17-9-8-15-13-25(19(27)18(15)12-17)14-22(16-6-2-1-3-7-16)20(28)23-21(29)24-22/h1-3,6-9,12,26H,10-11,13-14H2,(H2,23,24,28,29)/t22-/m0/s1. The zero-order valence-electron chi connectivity index (χ0n) is 16.0. The van der Waals surface area contributed by atoms with Crippen molar-refractivity contribution in [2.24, 2.45) is 0 Å². The lowest BCUT2D eigenvalue weighted by Gasteiger charge is -2.31. The van der Waals surface area contributed by atoms with Crippen molar-refractivity contribution in [2.75, 3.05) is 19.8 Å². The molecule has 1 saturated heterocycles. The number of nitrogens with one attached hydrogen (secondary N) is 2. The predicted molar refractivity (Wildman–Crippen MR) is 106 cm³/mol. The number of carbonyl (C=O) groups is 3. The number of carbonyl (C=O) groups excluding carboxylic acids is 3. The first kappa shape index (κ1) is 19.5.